The van der Waals surface area contributed by atoms with Crippen LogP contribution >= 0.6 is 11.6 Å². The maximum absolute atomic E-state index is 8.82. The molecule has 0 atom stereocenters. The Morgan fingerprint density at radius 2 is 2.10 bits per heavy atom. The Balaban J connectivity index is 1.97. The molecule has 7 heteroatoms. The van der Waals surface area contributed by atoms with Crippen molar-refractivity contribution in [2.45, 2.75) is 0 Å². The van der Waals surface area contributed by atoms with Gasteiger partial charge in [-0.1, -0.05) is 16.8 Å². The molecule has 0 aliphatic carbocycles. The van der Waals surface area contributed by atoms with Crippen molar-refractivity contribution in [1.82, 2.24) is 20.1 Å². The van der Waals surface area contributed by atoms with Crippen LogP contribution in [0.2, 0.25) is 5.02 Å². The number of pyridine rings is 2. The molecular weight excluding hydrogens is 278 g/mol. The van der Waals surface area contributed by atoms with E-state index in [0.29, 0.717) is 28.0 Å². The minimum Gasteiger partial charge on any atom is -0.334 e. The molecule has 3 rings (SSSR count). The summed E-state index contributed by atoms with van der Waals surface area (Å²) in [7, 11) is 0. The molecule has 20 heavy (non-hydrogen) atoms. The minimum absolute atomic E-state index is 0.284. The zero-order valence-corrected chi connectivity index (χ0v) is 10.7. The molecule has 0 bridgehead atoms. The Labute approximate surface area is 118 Å². The molecule has 0 aliphatic heterocycles. The lowest BCUT2D eigenvalue weighted by atomic mass is 10.2. The second-order valence-electron chi connectivity index (χ2n) is 3.83. The van der Waals surface area contributed by atoms with Crippen LogP contribution in [-0.2, 0) is 0 Å². The van der Waals surface area contributed by atoms with Crippen LogP contribution in [0.5, 0.6) is 0 Å². The first kappa shape index (κ1) is 12.3. The van der Waals surface area contributed by atoms with E-state index in [9.17, 15) is 0 Å². The summed E-state index contributed by atoms with van der Waals surface area (Å²) < 4.78 is 5.16. The summed E-state index contributed by atoms with van der Waals surface area (Å²) in [6, 6.07) is 8.61. The Morgan fingerprint density at radius 1 is 1.20 bits per heavy atom. The first-order valence-corrected chi connectivity index (χ1v) is 5.96. The predicted molar refractivity (Wildman–Crippen MR) is 70.5 cm³/mol. The van der Waals surface area contributed by atoms with E-state index >= 15 is 0 Å². The van der Waals surface area contributed by atoms with Crippen molar-refractivity contribution < 1.29 is 4.52 Å². The second-order valence-corrected chi connectivity index (χ2v) is 4.26. The van der Waals surface area contributed by atoms with Crippen molar-refractivity contribution in [2.24, 2.45) is 0 Å². The smallest absolute Gasteiger partial charge is 0.258 e. The van der Waals surface area contributed by atoms with Crippen molar-refractivity contribution in [1.29, 1.82) is 5.26 Å². The normalized spacial score (nSPS) is 10.2. The van der Waals surface area contributed by atoms with E-state index < -0.39 is 0 Å². The molecule has 0 saturated carbocycles. The second kappa shape index (κ2) is 5.07. The van der Waals surface area contributed by atoms with Gasteiger partial charge in [0, 0.05) is 18.0 Å². The van der Waals surface area contributed by atoms with Gasteiger partial charge in [-0.25, -0.2) is 4.98 Å². The van der Waals surface area contributed by atoms with Crippen LogP contribution in [0.3, 0.4) is 0 Å². The third-order valence-corrected chi connectivity index (χ3v) is 2.73. The van der Waals surface area contributed by atoms with Crippen LogP contribution in [0.1, 0.15) is 5.69 Å². The summed E-state index contributed by atoms with van der Waals surface area (Å²) in [5.41, 5.74) is 1.47. The maximum Gasteiger partial charge on any atom is 0.258 e. The molecule has 96 valence electrons. The van der Waals surface area contributed by atoms with Gasteiger partial charge in [0.1, 0.15) is 17.5 Å². The highest BCUT2D eigenvalue weighted by Gasteiger charge is 2.12. The van der Waals surface area contributed by atoms with Gasteiger partial charge in [0.15, 0.2) is 0 Å². The largest absolute Gasteiger partial charge is 0.334 e. The summed E-state index contributed by atoms with van der Waals surface area (Å²) in [5, 5.41) is 13.2. The van der Waals surface area contributed by atoms with Crippen LogP contribution in [0.15, 0.2) is 41.2 Å². The fourth-order valence-corrected chi connectivity index (χ4v) is 1.69. The topological polar surface area (TPSA) is 88.5 Å². The summed E-state index contributed by atoms with van der Waals surface area (Å²) in [6.07, 6.45) is 3.02. The summed E-state index contributed by atoms with van der Waals surface area (Å²) in [5.74, 6) is 0.655. The van der Waals surface area contributed by atoms with E-state index in [1.165, 1.54) is 12.4 Å². The molecule has 3 heterocycles. The number of halogens is 1. The molecule has 0 saturated heterocycles. The number of hydrogen-bond donors (Lipinski definition) is 0. The number of rotatable bonds is 2. The van der Waals surface area contributed by atoms with Crippen LogP contribution < -0.4 is 0 Å². The number of hydrogen-bond acceptors (Lipinski definition) is 6. The molecule has 0 N–H and O–H groups in total. The first-order chi connectivity index (χ1) is 9.76. The zero-order chi connectivity index (χ0) is 13.9. The van der Waals surface area contributed by atoms with E-state index in [1.54, 1.807) is 24.3 Å². The van der Waals surface area contributed by atoms with Gasteiger partial charge in [-0.2, -0.15) is 10.2 Å². The first-order valence-electron chi connectivity index (χ1n) is 5.58. The van der Waals surface area contributed by atoms with Gasteiger partial charge in [0.05, 0.1) is 5.02 Å². The van der Waals surface area contributed by atoms with E-state index in [0.717, 1.165) is 0 Å². The molecule has 0 unspecified atom stereocenters. The van der Waals surface area contributed by atoms with Crippen molar-refractivity contribution in [3.8, 4) is 29.0 Å². The lowest BCUT2D eigenvalue weighted by Gasteiger charge is -1.93. The molecule has 0 fully saturated rings. The van der Waals surface area contributed by atoms with E-state index in [2.05, 4.69) is 20.1 Å². The molecule has 0 radical (unpaired) electrons. The third kappa shape index (κ3) is 2.35. The quantitative estimate of drug-likeness (QED) is 0.718. The highest BCUT2D eigenvalue weighted by atomic mass is 35.5. The number of nitrogens with zero attached hydrogens (tertiary/aromatic N) is 5. The minimum atomic E-state index is 0.284. The zero-order valence-electron chi connectivity index (χ0n) is 9.99. The average molecular weight is 284 g/mol. The van der Waals surface area contributed by atoms with Gasteiger partial charge in [-0.05, 0) is 24.3 Å². The molecule has 3 aromatic heterocycles. The molecule has 0 spiro atoms. The van der Waals surface area contributed by atoms with E-state index in [1.807, 2.05) is 6.07 Å². The van der Waals surface area contributed by atoms with E-state index in [4.69, 9.17) is 21.4 Å². The SMILES string of the molecule is N#Cc1cc(-c2nc(-c3ccc(Cl)cn3)no2)ccn1. The van der Waals surface area contributed by atoms with Gasteiger partial charge in [0.25, 0.3) is 5.89 Å². The van der Waals surface area contributed by atoms with Crippen molar-refractivity contribution in [2.75, 3.05) is 0 Å². The molecular formula is C13H6ClN5O. The monoisotopic (exact) mass is 283 g/mol. The van der Waals surface area contributed by atoms with Gasteiger partial charge in [0.2, 0.25) is 5.82 Å². The van der Waals surface area contributed by atoms with E-state index in [-0.39, 0.29) is 5.69 Å². The Morgan fingerprint density at radius 3 is 2.85 bits per heavy atom. The van der Waals surface area contributed by atoms with Crippen LogP contribution in [0, 0.1) is 11.3 Å². The van der Waals surface area contributed by atoms with Crippen LogP contribution in [-0.4, -0.2) is 20.1 Å². The van der Waals surface area contributed by atoms with Gasteiger partial charge >= 0.3 is 0 Å². The Hall–Kier alpha value is -2.78. The summed E-state index contributed by atoms with van der Waals surface area (Å²) >= 11 is 5.77. The third-order valence-electron chi connectivity index (χ3n) is 2.50. The fourth-order valence-electron chi connectivity index (χ4n) is 1.58. The summed E-state index contributed by atoms with van der Waals surface area (Å²) in [6.45, 7) is 0. The van der Waals surface area contributed by atoms with Gasteiger partial charge < -0.3 is 4.52 Å². The molecule has 0 amide bonds. The van der Waals surface area contributed by atoms with Crippen molar-refractivity contribution >= 4 is 11.6 Å². The van der Waals surface area contributed by atoms with Crippen molar-refractivity contribution in [3.63, 3.8) is 0 Å². The Kier molecular flexibility index (Phi) is 3.11. The highest BCUT2D eigenvalue weighted by molar-refractivity contribution is 6.30. The molecule has 0 aliphatic rings. The van der Waals surface area contributed by atoms with Crippen LogP contribution in [0.4, 0.5) is 0 Å². The van der Waals surface area contributed by atoms with Crippen LogP contribution in [0.25, 0.3) is 23.0 Å². The predicted octanol–water partition coefficient (Wildman–Crippen LogP) is 2.72. The average Bonchev–Trinajstić information content (AvgIpc) is 2.98. The number of aromatic nitrogens is 4. The maximum atomic E-state index is 8.82. The van der Waals surface area contributed by atoms with Gasteiger partial charge in [-0.3, -0.25) is 4.98 Å². The standard InChI is InChI=1S/C13H6ClN5O/c14-9-1-2-11(17-7-9)12-18-13(20-19-12)8-3-4-16-10(5-8)6-15/h1-5,7H. The molecule has 6 nitrogen and oxygen atoms in total. The molecule has 3 aromatic rings. The molecule has 0 aromatic carbocycles. The highest BCUT2D eigenvalue weighted by Crippen LogP contribution is 2.21. The van der Waals surface area contributed by atoms with Gasteiger partial charge in [-0.15, -0.1) is 0 Å². The lowest BCUT2D eigenvalue weighted by Crippen LogP contribution is -1.86. The number of nitriles is 1. The lowest BCUT2D eigenvalue weighted by molar-refractivity contribution is 0.432. The summed E-state index contributed by atoms with van der Waals surface area (Å²) in [4.78, 5) is 12.2. The fraction of sp³-hybridized carbons (Fsp3) is 0. The van der Waals surface area contributed by atoms with Crippen molar-refractivity contribution in [3.05, 3.63) is 47.4 Å². The Bertz CT molecular complexity index is 791.